The monoisotopic (exact) mass is 231 g/mol. The molecule has 0 amide bonds. The first-order chi connectivity index (χ1) is 8.00. The van der Waals surface area contributed by atoms with Crippen LogP contribution in [-0.4, -0.2) is 16.2 Å². The van der Waals surface area contributed by atoms with Crippen LogP contribution in [0.2, 0.25) is 0 Å². The van der Waals surface area contributed by atoms with E-state index >= 15 is 0 Å². The van der Waals surface area contributed by atoms with Gasteiger partial charge in [-0.25, -0.2) is 4.79 Å². The average Bonchev–Trinajstić information content (AvgIpc) is 2.60. The van der Waals surface area contributed by atoms with E-state index in [1.165, 1.54) is 0 Å². The third-order valence-electron chi connectivity index (χ3n) is 2.76. The Morgan fingerprint density at radius 1 is 1.29 bits per heavy atom. The van der Waals surface area contributed by atoms with Gasteiger partial charge in [0, 0.05) is 11.1 Å². The minimum absolute atomic E-state index is 0.0972. The lowest BCUT2D eigenvalue weighted by molar-refractivity contribution is 0.0651. The predicted molar refractivity (Wildman–Crippen MR) is 63.1 cm³/mol. The molecule has 0 saturated heterocycles. The van der Waals surface area contributed by atoms with Crippen LogP contribution in [0, 0.1) is 20.8 Å². The minimum atomic E-state index is -1.09. The highest BCUT2D eigenvalue weighted by Crippen LogP contribution is 2.28. The zero-order chi connectivity index (χ0) is 12.6. The molecule has 0 fully saturated rings. The van der Waals surface area contributed by atoms with Crippen molar-refractivity contribution in [2.45, 2.75) is 20.8 Å². The lowest BCUT2D eigenvalue weighted by Gasteiger charge is -2.04. The number of hydrogen-bond donors (Lipinski definition) is 1. The number of hydrogen-bond acceptors (Lipinski definition) is 3. The molecular formula is C13H13NO3. The number of carbonyl (C=O) groups is 1. The van der Waals surface area contributed by atoms with Crippen LogP contribution in [0.1, 0.15) is 27.2 Å². The summed E-state index contributed by atoms with van der Waals surface area (Å²) >= 11 is 0. The van der Waals surface area contributed by atoms with Gasteiger partial charge in [-0.15, -0.1) is 0 Å². The summed E-state index contributed by atoms with van der Waals surface area (Å²) in [7, 11) is 0. The van der Waals surface area contributed by atoms with Crippen molar-refractivity contribution >= 4 is 5.97 Å². The third kappa shape index (κ3) is 1.93. The highest BCUT2D eigenvalue weighted by molar-refractivity contribution is 5.88. The molecule has 88 valence electrons. The molecule has 0 bridgehead atoms. The van der Waals surface area contributed by atoms with E-state index in [9.17, 15) is 4.79 Å². The maximum Gasteiger partial charge on any atom is 0.375 e. The number of rotatable bonds is 2. The van der Waals surface area contributed by atoms with Crippen molar-refractivity contribution in [1.82, 2.24) is 5.16 Å². The van der Waals surface area contributed by atoms with Gasteiger partial charge in [-0.3, -0.25) is 0 Å². The predicted octanol–water partition coefficient (Wildman–Crippen LogP) is 2.97. The van der Waals surface area contributed by atoms with Gasteiger partial charge >= 0.3 is 5.97 Å². The fraction of sp³-hybridized carbons (Fsp3) is 0.231. The van der Waals surface area contributed by atoms with Gasteiger partial charge in [-0.1, -0.05) is 28.9 Å². The third-order valence-corrected chi connectivity index (χ3v) is 2.76. The van der Waals surface area contributed by atoms with Crippen LogP contribution in [0.3, 0.4) is 0 Å². The molecule has 2 aromatic rings. The van der Waals surface area contributed by atoms with Gasteiger partial charge in [0.15, 0.2) is 0 Å². The number of aromatic carboxylic acids is 1. The Bertz CT molecular complexity index is 584. The maximum absolute atomic E-state index is 10.9. The minimum Gasteiger partial charge on any atom is -0.475 e. The van der Waals surface area contributed by atoms with E-state index in [0.717, 1.165) is 16.7 Å². The van der Waals surface area contributed by atoms with E-state index in [1.807, 2.05) is 32.0 Å². The zero-order valence-electron chi connectivity index (χ0n) is 9.94. The smallest absolute Gasteiger partial charge is 0.375 e. The van der Waals surface area contributed by atoms with Gasteiger partial charge in [0.25, 0.3) is 0 Å². The second-order valence-electron chi connectivity index (χ2n) is 4.11. The summed E-state index contributed by atoms with van der Waals surface area (Å²) in [4.78, 5) is 10.9. The zero-order valence-corrected chi connectivity index (χ0v) is 9.94. The van der Waals surface area contributed by atoms with Crippen LogP contribution < -0.4 is 0 Å². The molecule has 17 heavy (non-hydrogen) atoms. The molecule has 1 aromatic heterocycles. The second-order valence-corrected chi connectivity index (χ2v) is 4.11. The first kappa shape index (κ1) is 11.4. The Hall–Kier alpha value is -2.10. The Kier molecular flexibility index (Phi) is 2.71. The van der Waals surface area contributed by atoms with Crippen LogP contribution in [0.25, 0.3) is 11.3 Å². The summed E-state index contributed by atoms with van der Waals surface area (Å²) in [6.07, 6.45) is 0. The van der Waals surface area contributed by atoms with Gasteiger partial charge in [-0.05, 0) is 26.3 Å². The van der Waals surface area contributed by atoms with Gasteiger partial charge < -0.3 is 9.63 Å². The normalized spacial score (nSPS) is 10.5. The SMILES string of the molecule is Cc1ccc(-c2noc(C(=O)O)c2C)c(C)c1. The molecule has 1 aromatic carbocycles. The number of aromatic nitrogens is 1. The summed E-state index contributed by atoms with van der Waals surface area (Å²) in [5.41, 5.74) is 4.28. The Balaban J connectivity index is 2.57. The van der Waals surface area contributed by atoms with Gasteiger partial charge in [0.1, 0.15) is 5.69 Å². The van der Waals surface area contributed by atoms with Crippen molar-refractivity contribution in [3.05, 3.63) is 40.6 Å². The molecule has 1 N–H and O–H groups in total. The van der Waals surface area contributed by atoms with Gasteiger partial charge in [-0.2, -0.15) is 0 Å². The Morgan fingerprint density at radius 2 is 2.00 bits per heavy atom. The molecule has 1 heterocycles. The summed E-state index contributed by atoms with van der Waals surface area (Å²) in [6.45, 7) is 5.68. The van der Waals surface area contributed by atoms with Crippen LogP contribution in [-0.2, 0) is 0 Å². The fourth-order valence-electron chi connectivity index (χ4n) is 1.87. The van der Waals surface area contributed by atoms with Crippen molar-refractivity contribution in [3.8, 4) is 11.3 Å². The Labute approximate surface area is 98.9 Å². The highest BCUT2D eigenvalue weighted by atomic mass is 16.5. The van der Waals surface area contributed by atoms with E-state index in [1.54, 1.807) is 6.92 Å². The van der Waals surface area contributed by atoms with E-state index < -0.39 is 5.97 Å². The largest absolute Gasteiger partial charge is 0.475 e. The molecule has 0 spiro atoms. The number of benzene rings is 1. The number of carboxylic acids is 1. The molecule has 0 aliphatic heterocycles. The van der Waals surface area contributed by atoms with Crippen molar-refractivity contribution in [1.29, 1.82) is 0 Å². The van der Waals surface area contributed by atoms with Crippen molar-refractivity contribution in [2.24, 2.45) is 0 Å². The lowest BCUT2D eigenvalue weighted by atomic mass is 10.0. The van der Waals surface area contributed by atoms with Crippen LogP contribution in [0.4, 0.5) is 0 Å². The number of carboxylic acid groups (broad SMARTS) is 1. The van der Waals surface area contributed by atoms with E-state index in [0.29, 0.717) is 11.3 Å². The van der Waals surface area contributed by atoms with Crippen LogP contribution >= 0.6 is 0 Å². The first-order valence-corrected chi connectivity index (χ1v) is 5.28. The van der Waals surface area contributed by atoms with E-state index in [-0.39, 0.29) is 5.76 Å². The van der Waals surface area contributed by atoms with Gasteiger partial charge in [0.2, 0.25) is 5.76 Å². The fourth-order valence-corrected chi connectivity index (χ4v) is 1.87. The summed E-state index contributed by atoms with van der Waals surface area (Å²) in [6, 6.07) is 5.93. The van der Waals surface area contributed by atoms with Crippen LogP contribution in [0.5, 0.6) is 0 Å². The lowest BCUT2D eigenvalue weighted by Crippen LogP contribution is -1.96. The molecule has 0 atom stereocenters. The van der Waals surface area contributed by atoms with E-state index in [2.05, 4.69) is 5.16 Å². The second kappa shape index (κ2) is 4.05. The molecule has 2 rings (SSSR count). The van der Waals surface area contributed by atoms with Crippen molar-refractivity contribution in [3.63, 3.8) is 0 Å². The average molecular weight is 231 g/mol. The molecule has 0 aliphatic carbocycles. The first-order valence-electron chi connectivity index (χ1n) is 5.28. The summed E-state index contributed by atoms with van der Waals surface area (Å²) < 4.78 is 4.85. The highest BCUT2D eigenvalue weighted by Gasteiger charge is 2.19. The quantitative estimate of drug-likeness (QED) is 0.863. The molecule has 0 unspecified atom stereocenters. The Morgan fingerprint density at radius 3 is 2.53 bits per heavy atom. The van der Waals surface area contributed by atoms with Crippen molar-refractivity contribution in [2.75, 3.05) is 0 Å². The molecule has 4 heteroatoms. The van der Waals surface area contributed by atoms with Gasteiger partial charge in [0.05, 0.1) is 0 Å². The number of nitrogens with zero attached hydrogens (tertiary/aromatic N) is 1. The summed E-state index contributed by atoms with van der Waals surface area (Å²) in [5.74, 6) is -1.19. The topological polar surface area (TPSA) is 63.3 Å². The van der Waals surface area contributed by atoms with Crippen molar-refractivity contribution < 1.29 is 14.4 Å². The number of aryl methyl sites for hydroxylation is 2. The molecule has 0 saturated carbocycles. The molecule has 4 nitrogen and oxygen atoms in total. The standard InChI is InChI=1S/C13H13NO3/c1-7-4-5-10(8(2)6-7)11-9(3)12(13(15)16)17-14-11/h4-6H,1-3H3,(H,15,16). The summed E-state index contributed by atoms with van der Waals surface area (Å²) in [5, 5.41) is 12.7. The molecular weight excluding hydrogens is 218 g/mol. The molecule has 0 aliphatic rings. The van der Waals surface area contributed by atoms with Crippen LogP contribution in [0.15, 0.2) is 22.7 Å². The molecule has 0 radical (unpaired) electrons. The maximum atomic E-state index is 10.9. The van der Waals surface area contributed by atoms with E-state index in [4.69, 9.17) is 9.63 Å².